The number of nitrogens with zero attached hydrogens (tertiary/aromatic N) is 2. The summed E-state index contributed by atoms with van der Waals surface area (Å²) in [5.74, 6) is 5.94. The van der Waals surface area contributed by atoms with Gasteiger partial charge in [0.25, 0.3) is 0 Å². The topological polar surface area (TPSA) is 75.9 Å². The van der Waals surface area contributed by atoms with Gasteiger partial charge in [-0.25, -0.2) is 15.2 Å². The van der Waals surface area contributed by atoms with Crippen molar-refractivity contribution in [3.05, 3.63) is 39.3 Å². The van der Waals surface area contributed by atoms with Crippen molar-refractivity contribution in [1.29, 1.82) is 0 Å². The molecule has 5 nitrogen and oxygen atoms in total. The summed E-state index contributed by atoms with van der Waals surface area (Å²) in [4.78, 5) is 8.18. The molecule has 2 aromatic rings. The molecule has 0 aliphatic rings. The lowest BCUT2D eigenvalue weighted by atomic mass is 10.3. The molecule has 0 aliphatic carbocycles. The Morgan fingerprint density at radius 1 is 1.39 bits per heavy atom. The standard InChI is InChI=1S/C11H11FIN5/c1-6-5-15-11(18-14)17-10(6)16-9-3-2-7(12)4-8(9)13/h2-5H,14H2,1H3,(H2,15,16,17,18). The number of nitrogens with two attached hydrogens (primary N) is 1. The lowest BCUT2D eigenvalue weighted by molar-refractivity contribution is 0.627. The van der Waals surface area contributed by atoms with Gasteiger partial charge in [0.2, 0.25) is 5.95 Å². The molecule has 0 fully saturated rings. The zero-order chi connectivity index (χ0) is 13.1. The number of nitrogens with one attached hydrogen (secondary N) is 2. The molecule has 0 bridgehead atoms. The highest BCUT2D eigenvalue weighted by Gasteiger charge is 2.06. The Morgan fingerprint density at radius 2 is 2.17 bits per heavy atom. The summed E-state index contributed by atoms with van der Waals surface area (Å²) in [5.41, 5.74) is 4.03. The van der Waals surface area contributed by atoms with Gasteiger partial charge in [-0.15, -0.1) is 0 Å². The summed E-state index contributed by atoms with van der Waals surface area (Å²) in [6, 6.07) is 4.50. The number of hydrazine groups is 1. The van der Waals surface area contributed by atoms with Gasteiger partial charge in [-0.2, -0.15) is 4.98 Å². The van der Waals surface area contributed by atoms with Crippen molar-refractivity contribution >= 4 is 40.0 Å². The van der Waals surface area contributed by atoms with Crippen LogP contribution in [0.2, 0.25) is 0 Å². The first kappa shape index (κ1) is 13.0. The largest absolute Gasteiger partial charge is 0.339 e. The van der Waals surface area contributed by atoms with Crippen LogP contribution in [0.5, 0.6) is 0 Å². The Hall–Kier alpha value is -1.48. The first-order valence-corrected chi connectivity index (χ1v) is 6.20. The number of anilines is 3. The highest BCUT2D eigenvalue weighted by Crippen LogP contribution is 2.24. The number of aryl methyl sites for hydroxylation is 1. The summed E-state index contributed by atoms with van der Waals surface area (Å²) < 4.78 is 13.8. The third kappa shape index (κ3) is 2.85. The molecule has 0 spiro atoms. The third-order valence-corrected chi connectivity index (χ3v) is 3.18. The van der Waals surface area contributed by atoms with E-state index in [2.05, 4.69) is 43.3 Å². The lowest BCUT2D eigenvalue weighted by Gasteiger charge is -2.11. The lowest BCUT2D eigenvalue weighted by Crippen LogP contribution is -2.11. The molecule has 94 valence electrons. The minimum atomic E-state index is -0.270. The molecule has 0 saturated carbocycles. The summed E-state index contributed by atoms with van der Waals surface area (Å²) >= 11 is 2.06. The van der Waals surface area contributed by atoms with E-state index in [1.165, 1.54) is 12.1 Å². The van der Waals surface area contributed by atoms with Crippen LogP contribution in [-0.4, -0.2) is 9.97 Å². The Balaban J connectivity index is 2.33. The van der Waals surface area contributed by atoms with E-state index in [-0.39, 0.29) is 5.82 Å². The maximum Gasteiger partial charge on any atom is 0.239 e. The Kier molecular flexibility index (Phi) is 3.92. The average Bonchev–Trinajstić information content (AvgIpc) is 2.35. The summed E-state index contributed by atoms with van der Waals surface area (Å²) in [5, 5.41) is 3.12. The molecule has 1 aromatic heterocycles. The highest BCUT2D eigenvalue weighted by molar-refractivity contribution is 14.1. The minimum Gasteiger partial charge on any atom is -0.339 e. The maximum absolute atomic E-state index is 13.0. The molecule has 0 aliphatic heterocycles. The number of nitrogen functional groups attached to an aromatic ring is 1. The van der Waals surface area contributed by atoms with Gasteiger partial charge in [0.05, 0.1) is 5.69 Å². The van der Waals surface area contributed by atoms with Crippen LogP contribution in [0.3, 0.4) is 0 Å². The van der Waals surface area contributed by atoms with E-state index in [9.17, 15) is 4.39 Å². The van der Waals surface area contributed by atoms with Crippen molar-refractivity contribution in [2.45, 2.75) is 6.92 Å². The van der Waals surface area contributed by atoms with Gasteiger partial charge >= 0.3 is 0 Å². The van der Waals surface area contributed by atoms with Crippen LogP contribution < -0.4 is 16.6 Å². The normalized spacial score (nSPS) is 10.2. The first-order chi connectivity index (χ1) is 8.60. The van der Waals surface area contributed by atoms with E-state index in [0.29, 0.717) is 11.8 Å². The van der Waals surface area contributed by atoms with E-state index in [4.69, 9.17) is 5.84 Å². The highest BCUT2D eigenvalue weighted by atomic mass is 127. The Morgan fingerprint density at radius 3 is 2.83 bits per heavy atom. The maximum atomic E-state index is 13.0. The van der Waals surface area contributed by atoms with Crippen LogP contribution in [0.1, 0.15) is 5.56 Å². The smallest absolute Gasteiger partial charge is 0.239 e. The van der Waals surface area contributed by atoms with E-state index in [1.54, 1.807) is 12.3 Å². The number of hydrogen-bond acceptors (Lipinski definition) is 5. The Labute approximate surface area is 117 Å². The van der Waals surface area contributed by atoms with Crippen LogP contribution in [0.25, 0.3) is 0 Å². The molecule has 0 atom stereocenters. The monoisotopic (exact) mass is 359 g/mol. The third-order valence-electron chi connectivity index (χ3n) is 2.29. The molecule has 0 radical (unpaired) electrons. The van der Waals surface area contributed by atoms with Crippen molar-refractivity contribution < 1.29 is 4.39 Å². The van der Waals surface area contributed by atoms with Crippen LogP contribution in [0.15, 0.2) is 24.4 Å². The van der Waals surface area contributed by atoms with Gasteiger partial charge in [0, 0.05) is 15.3 Å². The second-order valence-electron chi connectivity index (χ2n) is 3.62. The van der Waals surface area contributed by atoms with Crippen molar-refractivity contribution in [2.75, 3.05) is 10.7 Å². The molecule has 0 amide bonds. The molecule has 4 N–H and O–H groups in total. The van der Waals surface area contributed by atoms with Crippen LogP contribution in [-0.2, 0) is 0 Å². The molecule has 2 rings (SSSR count). The van der Waals surface area contributed by atoms with Crippen molar-refractivity contribution in [3.63, 3.8) is 0 Å². The molecule has 1 aromatic carbocycles. The fourth-order valence-corrected chi connectivity index (χ4v) is 1.97. The van der Waals surface area contributed by atoms with Gasteiger partial charge in [-0.1, -0.05) is 0 Å². The van der Waals surface area contributed by atoms with Gasteiger partial charge in [-0.3, -0.25) is 5.43 Å². The second-order valence-corrected chi connectivity index (χ2v) is 4.78. The number of halogens is 2. The quantitative estimate of drug-likeness (QED) is 0.446. The van der Waals surface area contributed by atoms with Gasteiger partial charge < -0.3 is 5.32 Å². The minimum absolute atomic E-state index is 0.270. The van der Waals surface area contributed by atoms with Crippen molar-refractivity contribution in [1.82, 2.24) is 9.97 Å². The zero-order valence-electron chi connectivity index (χ0n) is 9.54. The SMILES string of the molecule is Cc1cnc(NN)nc1Nc1ccc(F)cc1I. The Bertz CT molecular complexity index is 575. The first-order valence-electron chi connectivity index (χ1n) is 5.12. The van der Waals surface area contributed by atoms with Gasteiger partial charge in [-0.05, 0) is 47.7 Å². The number of rotatable bonds is 3. The molecular formula is C11H11FIN5. The molecule has 0 unspecified atom stereocenters. The van der Waals surface area contributed by atoms with E-state index >= 15 is 0 Å². The number of benzene rings is 1. The number of hydrogen-bond donors (Lipinski definition) is 3. The summed E-state index contributed by atoms with van der Waals surface area (Å²) in [7, 11) is 0. The molecular weight excluding hydrogens is 348 g/mol. The van der Waals surface area contributed by atoms with E-state index in [1.807, 2.05) is 6.92 Å². The number of aromatic nitrogens is 2. The fourth-order valence-electron chi connectivity index (χ4n) is 1.36. The predicted octanol–water partition coefficient (Wildman–Crippen LogP) is 2.56. The molecule has 18 heavy (non-hydrogen) atoms. The van der Waals surface area contributed by atoms with Crippen molar-refractivity contribution in [3.8, 4) is 0 Å². The average molecular weight is 359 g/mol. The van der Waals surface area contributed by atoms with Crippen LogP contribution >= 0.6 is 22.6 Å². The molecule has 0 saturated heterocycles. The zero-order valence-corrected chi connectivity index (χ0v) is 11.7. The van der Waals surface area contributed by atoms with Crippen LogP contribution in [0.4, 0.5) is 21.8 Å². The summed E-state index contributed by atoms with van der Waals surface area (Å²) in [6.07, 6.45) is 1.65. The van der Waals surface area contributed by atoms with Crippen LogP contribution in [0, 0.1) is 16.3 Å². The fraction of sp³-hybridized carbons (Fsp3) is 0.0909. The summed E-state index contributed by atoms with van der Waals surface area (Å²) in [6.45, 7) is 1.87. The van der Waals surface area contributed by atoms with E-state index < -0.39 is 0 Å². The van der Waals surface area contributed by atoms with Crippen molar-refractivity contribution in [2.24, 2.45) is 5.84 Å². The van der Waals surface area contributed by atoms with Gasteiger partial charge in [0.1, 0.15) is 11.6 Å². The molecule has 1 heterocycles. The molecule has 7 heteroatoms. The van der Waals surface area contributed by atoms with Gasteiger partial charge in [0.15, 0.2) is 0 Å². The van der Waals surface area contributed by atoms with E-state index in [0.717, 1.165) is 14.8 Å². The second kappa shape index (κ2) is 5.44. The predicted molar refractivity (Wildman–Crippen MR) is 77.0 cm³/mol.